The normalized spacial score (nSPS) is 31.3. The summed E-state index contributed by atoms with van der Waals surface area (Å²) in [5.74, 6) is 0. The second kappa shape index (κ2) is 2.26. The molecule has 0 bridgehead atoms. The third-order valence-electron chi connectivity index (χ3n) is 0.990. The molecule has 7 heavy (non-hydrogen) atoms. The van der Waals surface area contributed by atoms with Gasteiger partial charge in [-0.1, -0.05) is 0 Å². The number of hydrogen-bond acceptors (Lipinski definition) is 3. The summed E-state index contributed by atoms with van der Waals surface area (Å²) in [7, 11) is 0. The van der Waals surface area contributed by atoms with E-state index in [0.29, 0.717) is 13.2 Å². The molecule has 1 aliphatic heterocycles. The Hall–Kier alpha value is -0.120. The Morgan fingerprint density at radius 3 is 2.86 bits per heavy atom. The van der Waals surface area contributed by atoms with Crippen LogP contribution in [0.5, 0.6) is 0 Å². The molecule has 3 nitrogen and oxygen atoms in total. The Bertz CT molecular complexity index is 51.7. The molecule has 0 radical (unpaired) electrons. The average Bonchev–Trinajstić information content (AvgIpc) is 2.14. The molecule has 42 valence electrons. The molecule has 1 saturated heterocycles. The predicted molar refractivity (Wildman–Crippen MR) is 24.5 cm³/mol. The highest BCUT2D eigenvalue weighted by Gasteiger charge is 2.13. The lowest BCUT2D eigenvalue weighted by molar-refractivity contribution is -0.272. The summed E-state index contributed by atoms with van der Waals surface area (Å²) >= 11 is 0. The van der Waals surface area contributed by atoms with Gasteiger partial charge in [0.25, 0.3) is 0 Å². The molecule has 1 unspecified atom stereocenters. The van der Waals surface area contributed by atoms with Crippen LogP contribution in [0.15, 0.2) is 0 Å². The van der Waals surface area contributed by atoms with E-state index in [1.165, 1.54) is 0 Å². The first-order valence-electron chi connectivity index (χ1n) is 2.42. The van der Waals surface area contributed by atoms with Crippen LogP contribution in [-0.2, 0) is 9.78 Å². The predicted octanol–water partition coefficient (Wildman–Crippen LogP) is -0.334. The van der Waals surface area contributed by atoms with E-state index in [2.05, 4.69) is 9.78 Å². The zero-order chi connectivity index (χ0) is 5.11. The highest BCUT2D eigenvalue weighted by atomic mass is 17.2. The molecule has 1 heterocycles. The van der Waals surface area contributed by atoms with Gasteiger partial charge in [0, 0.05) is 13.0 Å². The molecule has 2 N–H and O–H groups in total. The van der Waals surface area contributed by atoms with Gasteiger partial charge < -0.3 is 5.73 Å². The highest BCUT2D eigenvalue weighted by Crippen LogP contribution is 2.05. The third-order valence-corrected chi connectivity index (χ3v) is 0.990. The van der Waals surface area contributed by atoms with Gasteiger partial charge in [0.15, 0.2) is 0 Å². The molecular formula is C4H9NO2. The van der Waals surface area contributed by atoms with Crippen LogP contribution in [0, 0.1) is 0 Å². The number of hydrogen-bond donors (Lipinski definition) is 1. The Balaban J connectivity index is 2.14. The van der Waals surface area contributed by atoms with Crippen molar-refractivity contribution < 1.29 is 9.78 Å². The van der Waals surface area contributed by atoms with Gasteiger partial charge in [-0.3, -0.25) is 0 Å². The molecule has 1 fully saturated rings. The van der Waals surface area contributed by atoms with Crippen molar-refractivity contribution in [2.75, 3.05) is 13.2 Å². The van der Waals surface area contributed by atoms with Gasteiger partial charge in [-0.15, -0.1) is 0 Å². The fourth-order valence-corrected chi connectivity index (χ4v) is 0.529. The lowest BCUT2D eigenvalue weighted by atomic mass is 10.3. The lowest BCUT2D eigenvalue weighted by Gasteiger charge is -1.97. The Morgan fingerprint density at radius 2 is 2.57 bits per heavy atom. The van der Waals surface area contributed by atoms with Crippen molar-refractivity contribution in [3.05, 3.63) is 0 Å². The highest BCUT2D eigenvalue weighted by molar-refractivity contribution is 4.57. The van der Waals surface area contributed by atoms with Crippen molar-refractivity contribution in [1.29, 1.82) is 0 Å². The van der Waals surface area contributed by atoms with Crippen molar-refractivity contribution in [3.8, 4) is 0 Å². The SMILES string of the molecule is NCC1CCOO1. The van der Waals surface area contributed by atoms with Gasteiger partial charge in [-0.25, -0.2) is 9.78 Å². The van der Waals surface area contributed by atoms with E-state index in [0.717, 1.165) is 6.42 Å². The van der Waals surface area contributed by atoms with Gasteiger partial charge >= 0.3 is 0 Å². The summed E-state index contributed by atoms with van der Waals surface area (Å²) in [6.07, 6.45) is 1.09. The molecule has 0 saturated carbocycles. The van der Waals surface area contributed by atoms with E-state index in [1.54, 1.807) is 0 Å². The summed E-state index contributed by atoms with van der Waals surface area (Å²) in [5.41, 5.74) is 5.23. The fraction of sp³-hybridized carbons (Fsp3) is 1.00. The van der Waals surface area contributed by atoms with Crippen LogP contribution in [0.4, 0.5) is 0 Å². The van der Waals surface area contributed by atoms with Gasteiger partial charge in [0.05, 0.1) is 6.61 Å². The van der Waals surface area contributed by atoms with Crippen LogP contribution in [0.3, 0.4) is 0 Å². The second-order valence-corrected chi connectivity index (χ2v) is 1.56. The summed E-state index contributed by atoms with van der Waals surface area (Å²) < 4.78 is 0. The van der Waals surface area contributed by atoms with E-state index in [9.17, 15) is 0 Å². The summed E-state index contributed by atoms with van der Waals surface area (Å²) in [6, 6.07) is 0. The summed E-state index contributed by atoms with van der Waals surface area (Å²) in [5, 5.41) is 0. The van der Waals surface area contributed by atoms with Gasteiger partial charge in [0.1, 0.15) is 6.10 Å². The number of nitrogens with two attached hydrogens (primary N) is 1. The zero-order valence-corrected chi connectivity index (χ0v) is 4.09. The molecule has 1 rings (SSSR count). The van der Waals surface area contributed by atoms with Crippen molar-refractivity contribution in [1.82, 2.24) is 0 Å². The van der Waals surface area contributed by atoms with Crippen LogP contribution in [-0.4, -0.2) is 19.3 Å². The molecule has 0 aromatic heterocycles. The van der Waals surface area contributed by atoms with Crippen LogP contribution < -0.4 is 5.73 Å². The molecule has 1 atom stereocenters. The first kappa shape index (κ1) is 5.03. The topological polar surface area (TPSA) is 44.5 Å². The Morgan fingerprint density at radius 1 is 1.71 bits per heavy atom. The minimum absolute atomic E-state index is 0.153. The van der Waals surface area contributed by atoms with E-state index in [1.807, 2.05) is 0 Å². The van der Waals surface area contributed by atoms with Gasteiger partial charge in [-0.2, -0.15) is 0 Å². The molecule has 0 amide bonds. The van der Waals surface area contributed by atoms with E-state index >= 15 is 0 Å². The van der Waals surface area contributed by atoms with Crippen LogP contribution >= 0.6 is 0 Å². The van der Waals surface area contributed by atoms with Crippen molar-refractivity contribution in [2.24, 2.45) is 5.73 Å². The molecule has 0 aliphatic carbocycles. The van der Waals surface area contributed by atoms with Gasteiger partial charge in [-0.05, 0) is 0 Å². The van der Waals surface area contributed by atoms with Crippen LogP contribution in [0.1, 0.15) is 6.42 Å². The number of rotatable bonds is 1. The van der Waals surface area contributed by atoms with E-state index in [-0.39, 0.29) is 6.10 Å². The largest absolute Gasteiger partial charge is 0.328 e. The molecule has 0 aromatic carbocycles. The zero-order valence-electron chi connectivity index (χ0n) is 4.09. The first-order chi connectivity index (χ1) is 3.43. The van der Waals surface area contributed by atoms with Gasteiger partial charge in [0.2, 0.25) is 0 Å². The monoisotopic (exact) mass is 103 g/mol. The minimum atomic E-state index is 0.153. The maximum Gasteiger partial charge on any atom is 0.107 e. The molecular weight excluding hydrogens is 94.0 g/mol. The van der Waals surface area contributed by atoms with Crippen LogP contribution in [0.2, 0.25) is 0 Å². The maximum absolute atomic E-state index is 5.23. The second-order valence-electron chi connectivity index (χ2n) is 1.56. The first-order valence-corrected chi connectivity index (χ1v) is 2.42. The average molecular weight is 103 g/mol. The lowest BCUT2D eigenvalue weighted by Crippen LogP contribution is -2.17. The standard InChI is InChI=1S/C4H9NO2/c5-3-4-1-2-6-7-4/h4H,1-3,5H2. The molecule has 1 aliphatic rings. The van der Waals surface area contributed by atoms with Crippen molar-refractivity contribution in [2.45, 2.75) is 12.5 Å². The quantitative estimate of drug-likeness (QED) is 0.462. The molecule has 3 heteroatoms. The third kappa shape index (κ3) is 1.12. The Labute approximate surface area is 42.3 Å². The molecule has 0 aromatic rings. The fourth-order valence-electron chi connectivity index (χ4n) is 0.529. The minimum Gasteiger partial charge on any atom is -0.328 e. The van der Waals surface area contributed by atoms with Crippen molar-refractivity contribution in [3.63, 3.8) is 0 Å². The van der Waals surface area contributed by atoms with Crippen LogP contribution in [0.25, 0.3) is 0 Å². The van der Waals surface area contributed by atoms with E-state index in [4.69, 9.17) is 5.73 Å². The maximum atomic E-state index is 5.23. The van der Waals surface area contributed by atoms with E-state index < -0.39 is 0 Å². The smallest absolute Gasteiger partial charge is 0.107 e. The Kier molecular flexibility index (Phi) is 1.62. The molecule has 0 spiro atoms. The summed E-state index contributed by atoms with van der Waals surface area (Å²) in [6.45, 7) is 1.27. The summed E-state index contributed by atoms with van der Waals surface area (Å²) in [4.78, 5) is 9.25. The van der Waals surface area contributed by atoms with Crippen molar-refractivity contribution >= 4 is 0 Å².